The van der Waals surface area contributed by atoms with Gasteiger partial charge in [-0.25, -0.2) is 0 Å². The zero-order valence-electron chi connectivity index (χ0n) is 22.0. The van der Waals surface area contributed by atoms with Crippen LogP contribution in [-0.2, 0) is 6.42 Å². The predicted octanol–water partition coefficient (Wildman–Crippen LogP) is 10.2. The van der Waals surface area contributed by atoms with Gasteiger partial charge in [0.1, 0.15) is 0 Å². The van der Waals surface area contributed by atoms with E-state index >= 15 is 0 Å². The second-order valence-corrected chi connectivity index (χ2v) is 7.68. The lowest BCUT2D eigenvalue weighted by atomic mass is 9.91. The maximum atomic E-state index is 5.67. The molecule has 0 aliphatic carbocycles. The van der Waals surface area contributed by atoms with Crippen LogP contribution in [0, 0.1) is 0 Å². The fraction of sp³-hybridized carbons (Fsp3) is 0.400. The highest BCUT2D eigenvalue weighted by Gasteiger charge is 2.07. The summed E-state index contributed by atoms with van der Waals surface area (Å²) < 4.78 is 0. The maximum absolute atomic E-state index is 5.67. The first-order chi connectivity index (χ1) is 15.1. The molecule has 1 nitrogen and oxygen atoms in total. The molecule has 0 unspecified atom stereocenters. The summed E-state index contributed by atoms with van der Waals surface area (Å²) in [5.41, 5.74) is 12.0. The molecule has 0 aliphatic heterocycles. The van der Waals surface area contributed by atoms with Gasteiger partial charge in [-0.2, -0.15) is 0 Å². The number of halogens is 1. The number of allylic oxidation sites excluding steroid dienone is 9. The monoisotopic (exact) mass is 457 g/mol. The molecule has 0 aromatic heterocycles. The van der Waals surface area contributed by atoms with Crippen molar-refractivity contribution in [1.29, 1.82) is 0 Å². The van der Waals surface area contributed by atoms with Gasteiger partial charge in [-0.1, -0.05) is 107 Å². The van der Waals surface area contributed by atoms with E-state index in [1.807, 2.05) is 63.3 Å². The molecule has 0 saturated heterocycles. The minimum atomic E-state index is 0.667. The highest BCUT2D eigenvalue weighted by molar-refractivity contribution is 6.30. The van der Waals surface area contributed by atoms with Crippen LogP contribution in [0.5, 0.6) is 0 Å². The molecule has 0 radical (unpaired) electrons. The topological polar surface area (TPSA) is 26.0 Å². The molecule has 0 atom stereocenters. The average Bonchev–Trinajstić information content (AvgIpc) is 2.75. The quantitative estimate of drug-likeness (QED) is 0.386. The minimum Gasteiger partial charge on any atom is -0.403 e. The second kappa shape index (κ2) is 23.4. The van der Waals surface area contributed by atoms with Gasteiger partial charge in [-0.3, -0.25) is 0 Å². The van der Waals surface area contributed by atoms with Gasteiger partial charge in [0, 0.05) is 5.02 Å². The van der Waals surface area contributed by atoms with E-state index in [2.05, 4.69) is 53.5 Å². The van der Waals surface area contributed by atoms with Crippen molar-refractivity contribution >= 4 is 11.6 Å². The third kappa shape index (κ3) is 19.7. The minimum absolute atomic E-state index is 0.667. The molecule has 0 heterocycles. The normalized spacial score (nSPS) is 9.84. The molecule has 2 N–H and O–H groups in total. The third-order valence-corrected chi connectivity index (χ3v) is 4.31. The Balaban J connectivity index is -0.000000464. The van der Waals surface area contributed by atoms with Crippen LogP contribution in [0.25, 0.3) is 0 Å². The third-order valence-electron chi connectivity index (χ3n) is 4.06. The summed E-state index contributed by atoms with van der Waals surface area (Å²) in [6.07, 6.45) is 12.6. The molecule has 1 aromatic carbocycles. The summed E-state index contributed by atoms with van der Waals surface area (Å²) in [6.45, 7) is 27.8. The summed E-state index contributed by atoms with van der Waals surface area (Å²) in [5, 5.41) is 0.812. The SMILES string of the molecule is C=C(C)N.C=C/C=C(\C=C/C)C(=C)C(CCCC)=C(C)C.CC.CCc1ccc(Cl)cc1. The van der Waals surface area contributed by atoms with Gasteiger partial charge in [0.15, 0.2) is 0 Å². The Morgan fingerprint density at radius 2 is 1.53 bits per heavy atom. The zero-order chi connectivity index (χ0) is 25.5. The summed E-state index contributed by atoms with van der Waals surface area (Å²) in [6, 6.07) is 7.92. The van der Waals surface area contributed by atoms with Gasteiger partial charge >= 0.3 is 0 Å². The van der Waals surface area contributed by atoms with E-state index in [1.54, 1.807) is 6.92 Å². The molecule has 1 aromatic rings. The zero-order valence-corrected chi connectivity index (χ0v) is 22.8. The van der Waals surface area contributed by atoms with E-state index in [-0.39, 0.29) is 0 Å². The number of aryl methyl sites for hydroxylation is 1. The van der Waals surface area contributed by atoms with Crippen molar-refractivity contribution in [1.82, 2.24) is 0 Å². The summed E-state index contributed by atoms with van der Waals surface area (Å²) in [5.74, 6) is 0. The first kappa shape index (κ1) is 34.4. The highest BCUT2D eigenvalue weighted by atomic mass is 35.5. The Morgan fingerprint density at radius 1 is 1.03 bits per heavy atom. The maximum Gasteiger partial charge on any atom is 0.0406 e. The van der Waals surface area contributed by atoms with Gasteiger partial charge in [0.05, 0.1) is 0 Å². The first-order valence-electron chi connectivity index (χ1n) is 11.6. The van der Waals surface area contributed by atoms with Gasteiger partial charge in [0.25, 0.3) is 0 Å². The Labute approximate surface area is 205 Å². The van der Waals surface area contributed by atoms with Crippen molar-refractivity contribution in [2.45, 2.75) is 81.1 Å². The molecular weight excluding hydrogens is 410 g/mol. The van der Waals surface area contributed by atoms with Crippen molar-refractivity contribution in [3.63, 3.8) is 0 Å². The molecule has 0 bridgehead atoms. The lowest BCUT2D eigenvalue weighted by Crippen LogP contribution is -1.95. The van der Waals surface area contributed by atoms with Crippen LogP contribution in [-0.4, -0.2) is 0 Å². The Morgan fingerprint density at radius 3 is 1.88 bits per heavy atom. The highest BCUT2D eigenvalue weighted by Crippen LogP contribution is 2.26. The van der Waals surface area contributed by atoms with Crippen LogP contribution in [0.2, 0.25) is 5.02 Å². The van der Waals surface area contributed by atoms with Crippen LogP contribution in [0.1, 0.15) is 80.2 Å². The first-order valence-corrected chi connectivity index (χ1v) is 12.0. The van der Waals surface area contributed by atoms with Gasteiger partial charge in [0.2, 0.25) is 0 Å². The Kier molecular flexibility index (Phi) is 25.1. The molecule has 1 rings (SSSR count). The van der Waals surface area contributed by atoms with Crippen molar-refractivity contribution in [2.75, 3.05) is 0 Å². The molecule has 0 fully saturated rings. The van der Waals surface area contributed by atoms with E-state index in [0.29, 0.717) is 5.70 Å². The van der Waals surface area contributed by atoms with Crippen LogP contribution in [0.3, 0.4) is 0 Å². The van der Waals surface area contributed by atoms with Gasteiger partial charge in [-0.15, -0.1) is 0 Å². The number of nitrogens with two attached hydrogens (primary N) is 1. The van der Waals surface area contributed by atoms with Crippen molar-refractivity contribution in [2.24, 2.45) is 5.73 Å². The molecule has 180 valence electrons. The molecule has 0 saturated carbocycles. The van der Waals surface area contributed by atoms with Crippen molar-refractivity contribution in [3.05, 3.63) is 107 Å². The second-order valence-electron chi connectivity index (χ2n) is 7.24. The van der Waals surface area contributed by atoms with Crippen molar-refractivity contribution in [3.8, 4) is 0 Å². The summed E-state index contributed by atoms with van der Waals surface area (Å²) in [7, 11) is 0. The Hall–Kier alpha value is -2.25. The molecule has 2 heteroatoms. The van der Waals surface area contributed by atoms with Gasteiger partial charge in [-0.05, 0) is 87.1 Å². The van der Waals surface area contributed by atoms with Crippen LogP contribution < -0.4 is 5.73 Å². The molecule has 0 aliphatic rings. The average molecular weight is 458 g/mol. The van der Waals surface area contributed by atoms with E-state index in [1.165, 1.54) is 29.6 Å². The largest absolute Gasteiger partial charge is 0.403 e. The standard InChI is InChI=1S/C17H26.C8H9Cl.C3H7N.C2H6/c1-7-10-13-17(14(4)5)15(6)16(11-8-2)12-9-3;1-2-7-3-5-8(9)6-4-7;1-3(2)4;1-2/h8-9,11-12H,2,6-7,10,13H2,1,3-5H3;3-6H,2H2,1H3;1,4H2,2H3;1-2H3/b12-9-,16-11+;;;. The summed E-state index contributed by atoms with van der Waals surface area (Å²) in [4.78, 5) is 0. The lowest BCUT2D eigenvalue weighted by molar-refractivity contribution is 0.787. The number of rotatable bonds is 8. The fourth-order valence-electron chi connectivity index (χ4n) is 2.51. The fourth-order valence-corrected chi connectivity index (χ4v) is 2.64. The Bertz CT molecular complexity index is 723. The van der Waals surface area contributed by atoms with Crippen LogP contribution in [0.4, 0.5) is 0 Å². The van der Waals surface area contributed by atoms with E-state index in [4.69, 9.17) is 17.3 Å². The number of benzene rings is 1. The van der Waals surface area contributed by atoms with E-state index in [9.17, 15) is 0 Å². The molecule has 32 heavy (non-hydrogen) atoms. The van der Waals surface area contributed by atoms with Crippen LogP contribution >= 0.6 is 11.6 Å². The molecule has 0 spiro atoms. The number of unbranched alkanes of at least 4 members (excludes halogenated alkanes) is 1. The van der Waals surface area contributed by atoms with E-state index in [0.717, 1.165) is 29.0 Å². The molecular formula is C30H48ClN. The predicted molar refractivity (Wildman–Crippen MR) is 151 cm³/mol. The van der Waals surface area contributed by atoms with E-state index < -0.39 is 0 Å². The van der Waals surface area contributed by atoms with Crippen LogP contribution in [0.15, 0.2) is 96.3 Å². The smallest absolute Gasteiger partial charge is 0.0406 e. The summed E-state index contributed by atoms with van der Waals surface area (Å²) >= 11 is 5.67. The molecule has 0 amide bonds. The number of hydrogen-bond acceptors (Lipinski definition) is 1. The lowest BCUT2D eigenvalue weighted by Gasteiger charge is -2.14. The van der Waals surface area contributed by atoms with Crippen molar-refractivity contribution < 1.29 is 0 Å². The van der Waals surface area contributed by atoms with Gasteiger partial charge < -0.3 is 5.73 Å². The number of hydrogen-bond donors (Lipinski definition) is 1.